The molecule has 0 aliphatic heterocycles. The van der Waals surface area contributed by atoms with Crippen LogP contribution in [0.4, 0.5) is 10.1 Å². The predicted molar refractivity (Wildman–Crippen MR) is 100 cm³/mol. The van der Waals surface area contributed by atoms with E-state index in [0.717, 1.165) is 27.9 Å². The fraction of sp³-hybridized carbons (Fsp3) is 0.150. The molecule has 0 amide bonds. The van der Waals surface area contributed by atoms with Crippen LogP contribution >= 0.6 is 11.6 Å². The number of nitrogens with one attached hydrogen (secondary N) is 1. The standard InChI is InChI=1S/C20H19ClFN3/c1-13-6-7-16(22)11-15(13)10-14-8-9-24-12-19(14)25-20(23)17-4-2-3-5-18(17)21/h2-9,11-12,20,25H,10,23H2,1H3. The van der Waals surface area contributed by atoms with Crippen molar-refractivity contribution in [2.75, 3.05) is 5.32 Å². The zero-order chi connectivity index (χ0) is 17.8. The third kappa shape index (κ3) is 4.16. The van der Waals surface area contributed by atoms with Crippen LogP contribution < -0.4 is 11.1 Å². The minimum Gasteiger partial charge on any atom is -0.365 e. The maximum absolute atomic E-state index is 13.6. The van der Waals surface area contributed by atoms with Crippen molar-refractivity contribution in [1.82, 2.24) is 4.98 Å². The largest absolute Gasteiger partial charge is 0.365 e. The van der Waals surface area contributed by atoms with Gasteiger partial charge in [-0.05, 0) is 54.3 Å². The number of pyridine rings is 1. The molecule has 0 aliphatic rings. The van der Waals surface area contributed by atoms with Gasteiger partial charge in [-0.15, -0.1) is 0 Å². The average molecular weight is 356 g/mol. The molecule has 0 radical (unpaired) electrons. The number of benzene rings is 2. The Bertz CT molecular complexity index is 882. The molecule has 1 atom stereocenters. The number of aromatic nitrogens is 1. The fourth-order valence-corrected chi connectivity index (χ4v) is 2.97. The van der Waals surface area contributed by atoms with Crippen LogP contribution in [0.3, 0.4) is 0 Å². The van der Waals surface area contributed by atoms with E-state index >= 15 is 0 Å². The summed E-state index contributed by atoms with van der Waals surface area (Å²) < 4.78 is 13.6. The number of nitrogens with zero attached hydrogens (tertiary/aromatic N) is 1. The van der Waals surface area contributed by atoms with Crippen molar-refractivity contribution in [2.45, 2.75) is 19.5 Å². The maximum Gasteiger partial charge on any atom is 0.123 e. The van der Waals surface area contributed by atoms with Gasteiger partial charge in [0.15, 0.2) is 0 Å². The van der Waals surface area contributed by atoms with Crippen LogP contribution in [0.1, 0.15) is 28.4 Å². The van der Waals surface area contributed by atoms with Crippen molar-refractivity contribution in [3.8, 4) is 0 Å². The number of nitrogens with two attached hydrogens (primary N) is 1. The Hall–Kier alpha value is -2.43. The third-order valence-electron chi connectivity index (χ3n) is 4.15. The van der Waals surface area contributed by atoms with Gasteiger partial charge in [0.05, 0.1) is 11.9 Å². The van der Waals surface area contributed by atoms with Crippen molar-refractivity contribution < 1.29 is 4.39 Å². The van der Waals surface area contributed by atoms with E-state index in [4.69, 9.17) is 17.3 Å². The molecule has 0 saturated heterocycles. The van der Waals surface area contributed by atoms with E-state index in [2.05, 4.69) is 10.3 Å². The first-order valence-corrected chi connectivity index (χ1v) is 8.37. The van der Waals surface area contributed by atoms with Crippen molar-refractivity contribution in [1.29, 1.82) is 0 Å². The number of rotatable bonds is 5. The van der Waals surface area contributed by atoms with Gasteiger partial charge in [-0.3, -0.25) is 4.98 Å². The van der Waals surface area contributed by atoms with Crippen LogP contribution in [0.15, 0.2) is 60.9 Å². The molecule has 3 rings (SSSR count). The monoisotopic (exact) mass is 355 g/mol. The zero-order valence-corrected chi connectivity index (χ0v) is 14.6. The molecule has 3 N–H and O–H groups in total. The lowest BCUT2D eigenvalue weighted by atomic mass is 10.00. The van der Waals surface area contributed by atoms with Gasteiger partial charge in [-0.1, -0.05) is 35.9 Å². The molecule has 1 unspecified atom stereocenters. The lowest BCUT2D eigenvalue weighted by molar-refractivity contribution is 0.625. The van der Waals surface area contributed by atoms with Crippen molar-refractivity contribution >= 4 is 17.3 Å². The lowest BCUT2D eigenvalue weighted by Crippen LogP contribution is -2.21. The molecule has 25 heavy (non-hydrogen) atoms. The van der Waals surface area contributed by atoms with Crippen LogP contribution in [0.25, 0.3) is 0 Å². The van der Waals surface area contributed by atoms with E-state index < -0.39 is 6.17 Å². The van der Waals surface area contributed by atoms with Gasteiger partial charge in [-0.25, -0.2) is 4.39 Å². The van der Waals surface area contributed by atoms with E-state index in [-0.39, 0.29) is 5.82 Å². The van der Waals surface area contributed by atoms with E-state index in [0.29, 0.717) is 11.4 Å². The van der Waals surface area contributed by atoms with Gasteiger partial charge in [0.1, 0.15) is 12.0 Å². The number of anilines is 1. The number of hydrogen-bond donors (Lipinski definition) is 2. The lowest BCUT2D eigenvalue weighted by Gasteiger charge is -2.19. The van der Waals surface area contributed by atoms with Crippen LogP contribution in [0.2, 0.25) is 5.02 Å². The topological polar surface area (TPSA) is 50.9 Å². The highest BCUT2D eigenvalue weighted by Gasteiger charge is 2.13. The Morgan fingerprint density at radius 1 is 1.16 bits per heavy atom. The first kappa shape index (κ1) is 17.4. The molecule has 1 heterocycles. The molecule has 0 saturated carbocycles. The minimum absolute atomic E-state index is 0.239. The molecule has 3 nitrogen and oxygen atoms in total. The van der Waals surface area contributed by atoms with Crippen LogP contribution in [-0.4, -0.2) is 4.98 Å². The maximum atomic E-state index is 13.6. The average Bonchev–Trinajstić information content (AvgIpc) is 2.60. The Kier molecular flexibility index (Phi) is 5.31. The molecule has 1 aromatic heterocycles. The molecule has 2 aromatic carbocycles. The molecule has 0 aliphatic carbocycles. The Balaban J connectivity index is 1.86. The molecule has 0 spiro atoms. The summed E-state index contributed by atoms with van der Waals surface area (Å²) in [5.41, 5.74) is 10.8. The van der Waals surface area contributed by atoms with E-state index in [9.17, 15) is 4.39 Å². The summed E-state index contributed by atoms with van der Waals surface area (Å²) in [4.78, 5) is 4.17. The second-order valence-electron chi connectivity index (χ2n) is 5.92. The van der Waals surface area contributed by atoms with Crippen LogP contribution in [-0.2, 0) is 6.42 Å². The Labute approximate surface area is 151 Å². The van der Waals surface area contributed by atoms with Crippen LogP contribution in [0.5, 0.6) is 0 Å². The van der Waals surface area contributed by atoms with Gasteiger partial charge >= 0.3 is 0 Å². The number of hydrogen-bond acceptors (Lipinski definition) is 3. The summed E-state index contributed by atoms with van der Waals surface area (Å²) >= 11 is 6.22. The normalized spacial score (nSPS) is 12.0. The molecular formula is C20H19ClFN3. The minimum atomic E-state index is -0.467. The fourth-order valence-electron chi connectivity index (χ4n) is 2.72. The van der Waals surface area contributed by atoms with Gasteiger partial charge in [0.25, 0.3) is 0 Å². The second kappa shape index (κ2) is 7.64. The summed E-state index contributed by atoms with van der Waals surface area (Å²) in [5, 5.41) is 3.86. The summed E-state index contributed by atoms with van der Waals surface area (Å²) in [6, 6.07) is 14.2. The first-order chi connectivity index (χ1) is 12.0. The molecular weight excluding hydrogens is 337 g/mol. The third-order valence-corrected chi connectivity index (χ3v) is 4.50. The highest BCUT2D eigenvalue weighted by molar-refractivity contribution is 6.31. The summed E-state index contributed by atoms with van der Waals surface area (Å²) in [6.45, 7) is 1.97. The number of aryl methyl sites for hydroxylation is 1. The van der Waals surface area contributed by atoms with Crippen LogP contribution in [0, 0.1) is 12.7 Å². The predicted octanol–water partition coefficient (Wildman–Crippen LogP) is 4.84. The van der Waals surface area contributed by atoms with Gasteiger partial charge in [0, 0.05) is 16.8 Å². The van der Waals surface area contributed by atoms with Crippen molar-refractivity contribution in [3.63, 3.8) is 0 Å². The van der Waals surface area contributed by atoms with Crippen molar-refractivity contribution in [2.24, 2.45) is 5.73 Å². The Morgan fingerprint density at radius 3 is 2.76 bits per heavy atom. The second-order valence-corrected chi connectivity index (χ2v) is 6.33. The molecule has 0 fully saturated rings. The van der Waals surface area contributed by atoms with Gasteiger partial charge < -0.3 is 11.1 Å². The van der Waals surface area contributed by atoms with E-state index in [1.165, 1.54) is 6.07 Å². The zero-order valence-electron chi connectivity index (χ0n) is 13.8. The summed E-state index contributed by atoms with van der Waals surface area (Å²) in [5.74, 6) is -0.239. The first-order valence-electron chi connectivity index (χ1n) is 7.99. The molecule has 128 valence electrons. The molecule has 0 bridgehead atoms. The smallest absolute Gasteiger partial charge is 0.123 e. The molecule has 3 aromatic rings. The highest BCUT2D eigenvalue weighted by atomic mass is 35.5. The van der Waals surface area contributed by atoms with Gasteiger partial charge in [0.2, 0.25) is 0 Å². The van der Waals surface area contributed by atoms with Gasteiger partial charge in [-0.2, -0.15) is 0 Å². The van der Waals surface area contributed by atoms with Crippen molar-refractivity contribution in [3.05, 3.63) is 94.0 Å². The molecule has 5 heteroatoms. The SMILES string of the molecule is Cc1ccc(F)cc1Cc1ccncc1NC(N)c1ccccc1Cl. The highest BCUT2D eigenvalue weighted by Crippen LogP contribution is 2.26. The van der Waals surface area contributed by atoms with E-state index in [1.54, 1.807) is 30.6 Å². The summed E-state index contributed by atoms with van der Waals surface area (Å²) in [6.07, 6.45) is 3.56. The Morgan fingerprint density at radius 2 is 1.96 bits per heavy atom. The van der Waals surface area contributed by atoms with E-state index in [1.807, 2.05) is 31.2 Å². The quantitative estimate of drug-likeness (QED) is 0.644. The summed E-state index contributed by atoms with van der Waals surface area (Å²) in [7, 11) is 0. The number of halogens is 2.